The number of pyridine rings is 1. The van der Waals surface area contributed by atoms with E-state index in [1.165, 1.54) is 0 Å². The average molecular weight is 290 g/mol. The van der Waals surface area contributed by atoms with Crippen molar-refractivity contribution in [3.05, 3.63) is 58.9 Å². The van der Waals surface area contributed by atoms with E-state index in [1.54, 1.807) is 18.3 Å². The first-order valence-corrected chi connectivity index (χ1v) is 6.70. The number of nitrogens with two attached hydrogens (primary N) is 1. The molecule has 1 unspecified atom stereocenters. The van der Waals surface area contributed by atoms with Crippen molar-refractivity contribution in [3.8, 4) is 0 Å². The highest BCUT2D eigenvalue weighted by atomic mass is 35.5. The van der Waals surface area contributed by atoms with Gasteiger partial charge in [-0.3, -0.25) is 4.79 Å². The number of nitrogens with zero attached hydrogens (tertiary/aromatic N) is 1. The topological polar surface area (TPSA) is 68.0 Å². The number of anilines is 1. The van der Waals surface area contributed by atoms with Crippen LogP contribution in [0.5, 0.6) is 0 Å². The maximum absolute atomic E-state index is 12.1. The molecule has 5 heteroatoms. The number of carbonyl (C=O) groups is 1. The SMILES string of the molecule is CC(Cc1ccccc1Cl)NC(=O)c1ncccc1N. The Morgan fingerprint density at radius 2 is 2.10 bits per heavy atom. The second-order valence-electron chi connectivity index (χ2n) is 4.61. The summed E-state index contributed by atoms with van der Waals surface area (Å²) in [6.45, 7) is 1.92. The standard InChI is InChI=1S/C15H16ClN3O/c1-10(9-11-5-2-3-6-12(11)16)19-15(20)14-13(17)7-4-8-18-14/h2-8,10H,9,17H2,1H3,(H,19,20). The molecule has 0 aliphatic rings. The number of amides is 1. The number of hydrogen-bond donors (Lipinski definition) is 2. The molecule has 1 atom stereocenters. The fourth-order valence-electron chi connectivity index (χ4n) is 1.94. The van der Waals surface area contributed by atoms with E-state index in [1.807, 2.05) is 31.2 Å². The zero-order valence-electron chi connectivity index (χ0n) is 11.1. The molecule has 4 nitrogen and oxygen atoms in total. The summed E-state index contributed by atoms with van der Waals surface area (Å²) in [5.74, 6) is -0.275. The van der Waals surface area contributed by atoms with E-state index >= 15 is 0 Å². The van der Waals surface area contributed by atoms with Crippen molar-refractivity contribution in [1.29, 1.82) is 0 Å². The summed E-state index contributed by atoms with van der Waals surface area (Å²) in [7, 11) is 0. The van der Waals surface area contributed by atoms with Gasteiger partial charge in [0.1, 0.15) is 0 Å². The number of nitrogens with one attached hydrogen (secondary N) is 1. The summed E-state index contributed by atoms with van der Waals surface area (Å²) in [5.41, 5.74) is 7.34. The zero-order chi connectivity index (χ0) is 14.5. The molecule has 0 fully saturated rings. The molecule has 0 saturated heterocycles. The van der Waals surface area contributed by atoms with Crippen LogP contribution in [0.3, 0.4) is 0 Å². The Morgan fingerprint density at radius 1 is 1.35 bits per heavy atom. The van der Waals surface area contributed by atoms with E-state index < -0.39 is 0 Å². The number of benzene rings is 1. The van der Waals surface area contributed by atoms with Crippen LogP contribution in [0.2, 0.25) is 5.02 Å². The van der Waals surface area contributed by atoms with Crippen LogP contribution in [-0.4, -0.2) is 16.9 Å². The predicted octanol–water partition coefficient (Wildman–Crippen LogP) is 2.68. The quantitative estimate of drug-likeness (QED) is 0.909. The van der Waals surface area contributed by atoms with E-state index in [0.29, 0.717) is 17.1 Å². The summed E-state index contributed by atoms with van der Waals surface area (Å²) in [5, 5.41) is 3.57. The van der Waals surface area contributed by atoms with Gasteiger partial charge in [0.05, 0.1) is 5.69 Å². The normalized spacial score (nSPS) is 11.9. The van der Waals surface area contributed by atoms with Crippen LogP contribution in [-0.2, 0) is 6.42 Å². The molecule has 1 amide bonds. The van der Waals surface area contributed by atoms with Crippen LogP contribution < -0.4 is 11.1 Å². The lowest BCUT2D eigenvalue weighted by Gasteiger charge is -2.15. The molecule has 0 spiro atoms. The molecular weight excluding hydrogens is 274 g/mol. The smallest absolute Gasteiger partial charge is 0.272 e. The Bertz CT molecular complexity index is 616. The summed E-state index contributed by atoms with van der Waals surface area (Å²) >= 11 is 6.10. The molecule has 3 N–H and O–H groups in total. The van der Waals surface area contributed by atoms with Crippen molar-refractivity contribution >= 4 is 23.2 Å². The highest BCUT2D eigenvalue weighted by molar-refractivity contribution is 6.31. The molecule has 0 bridgehead atoms. The lowest BCUT2D eigenvalue weighted by atomic mass is 10.1. The van der Waals surface area contributed by atoms with Gasteiger partial charge in [0.2, 0.25) is 0 Å². The highest BCUT2D eigenvalue weighted by Gasteiger charge is 2.14. The van der Waals surface area contributed by atoms with Gasteiger partial charge in [0.15, 0.2) is 5.69 Å². The van der Waals surface area contributed by atoms with Crippen molar-refractivity contribution in [2.24, 2.45) is 0 Å². The van der Waals surface area contributed by atoms with Crippen LogP contribution in [0, 0.1) is 0 Å². The van der Waals surface area contributed by atoms with E-state index in [-0.39, 0.29) is 17.6 Å². The van der Waals surface area contributed by atoms with Crippen molar-refractivity contribution in [2.45, 2.75) is 19.4 Å². The van der Waals surface area contributed by atoms with Crippen LogP contribution in [0.4, 0.5) is 5.69 Å². The maximum atomic E-state index is 12.1. The maximum Gasteiger partial charge on any atom is 0.272 e. The first kappa shape index (κ1) is 14.3. The number of carbonyl (C=O) groups excluding carboxylic acids is 1. The van der Waals surface area contributed by atoms with Crippen LogP contribution in [0.25, 0.3) is 0 Å². The second kappa shape index (κ2) is 6.39. The Kier molecular flexibility index (Phi) is 4.58. The predicted molar refractivity (Wildman–Crippen MR) is 80.7 cm³/mol. The van der Waals surface area contributed by atoms with Crippen molar-refractivity contribution in [3.63, 3.8) is 0 Å². The van der Waals surface area contributed by atoms with Crippen LogP contribution in [0.15, 0.2) is 42.6 Å². The molecule has 0 saturated carbocycles. The van der Waals surface area contributed by atoms with Gasteiger partial charge in [-0.15, -0.1) is 0 Å². The third-order valence-electron chi connectivity index (χ3n) is 2.92. The van der Waals surface area contributed by atoms with Gasteiger partial charge in [-0.2, -0.15) is 0 Å². The molecule has 104 valence electrons. The summed E-state index contributed by atoms with van der Waals surface area (Å²) < 4.78 is 0. The highest BCUT2D eigenvalue weighted by Crippen LogP contribution is 2.17. The van der Waals surface area contributed by atoms with Gasteiger partial charge < -0.3 is 11.1 Å². The average Bonchev–Trinajstić information content (AvgIpc) is 2.41. The number of rotatable bonds is 4. The first-order chi connectivity index (χ1) is 9.58. The number of hydrogen-bond acceptors (Lipinski definition) is 3. The molecule has 0 aliphatic carbocycles. The van der Waals surface area contributed by atoms with E-state index in [0.717, 1.165) is 5.56 Å². The fraction of sp³-hybridized carbons (Fsp3) is 0.200. The van der Waals surface area contributed by atoms with Crippen molar-refractivity contribution < 1.29 is 4.79 Å². The summed E-state index contributed by atoms with van der Waals surface area (Å²) in [6.07, 6.45) is 2.20. The fourth-order valence-corrected chi connectivity index (χ4v) is 2.16. The lowest BCUT2D eigenvalue weighted by Crippen LogP contribution is -2.35. The first-order valence-electron chi connectivity index (χ1n) is 6.32. The third-order valence-corrected chi connectivity index (χ3v) is 3.28. The molecule has 20 heavy (non-hydrogen) atoms. The number of aromatic nitrogens is 1. The molecule has 1 heterocycles. The Hall–Kier alpha value is -2.07. The minimum absolute atomic E-state index is 0.0659. The molecule has 0 aliphatic heterocycles. The molecule has 2 rings (SSSR count). The minimum Gasteiger partial charge on any atom is -0.397 e. The van der Waals surface area contributed by atoms with Gasteiger partial charge in [0.25, 0.3) is 5.91 Å². The summed E-state index contributed by atoms with van der Waals surface area (Å²) in [6, 6.07) is 10.9. The van der Waals surface area contributed by atoms with Gasteiger partial charge in [-0.25, -0.2) is 4.98 Å². The van der Waals surface area contributed by atoms with E-state index in [2.05, 4.69) is 10.3 Å². The van der Waals surface area contributed by atoms with Gasteiger partial charge in [0, 0.05) is 17.3 Å². The molecule has 1 aromatic heterocycles. The lowest BCUT2D eigenvalue weighted by molar-refractivity contribution is 0.0936. The van der Waals surface area contributed by atoms with Gasteiger partial charge >= 0.3 is 0 Å². The molecule has 0 radical (unpaired) electrons. The van der Waals surface area contributed by atoms with Crippen LogP contribution in [0.1, 0.15) is 23.0 Å². The third kappa shape index (κ3) is 3.48. The largest absolute Gasteiger partial charge is 0.397 e. The minimum atomic E-state index is -0.275. The second-order valence-corrected chi connectivity index (χ2v) is 5.02. The molecule has 2 aromatic rings. The van der Waals surface area contributed by atoms with Crippen molar-refractivity contribution in [2.75, 3.05) is 5.73 Å². The van der Waals surface area contributed by atoms with E-state index in [9.17, 15) is 4.79 Å². The number of nitrogen functional groups attached to an aromatic ring is 1. The van der Waals surface area contributed by atoms with Crippen molar-refractivity contribution in [1.82, 2.24) is 10.3 Å². The van der Waals surface area contributed by atoms with E-state index in [4.69, 9.17) is 17.3 Å². The summed E-state index contributed by atoms with van der Waals surface area (Å²) in [4.78, 5) is 16.1. The van der Waals surface area contributed by atoms with Crippen LogP contribution >= 0.6 is 11.6 Å². The Balaban J connectivity index is 2.02. The number of halogens is 1. The zero-order valence-corrected chi connectivity index (χ0v) is 11.9. The Morgan fingerprint density at radius 3 is 2.80 bits per heavy atom. The Labute approximate surface area is 123 Å². The van der Waals surface area contributed by atoms with Gasteiger partial charge in [-0.1, -0.05) is 29.8 Å². The van der Waals surface area contributed by atoms with Gasteiger partial charge in [-0.05, 0) is 37.1 Å². The monoisotopic (exact) mass is 289 g/mol. The molecular formula is C15H16ClN3O. The molecule has 1 aromatic carbocycles.